The summed E-state index contributed by atoms with van der Waals surface area (Å²) in [5.41, 5.74) is 0.317. The summed E-state index contributed by atoms with van der Waals surface area (Å²) in [4.78, 5) is 3.48. The lowest BCUT2D eigenvalue weighted by Crippen LogP contribution is -2.43. The van der Waals surface area contributed by atoms with Crippen molar-refractivity contribution in [2.75, 3.05) is 0 Å². The Bertz CT molecular complexity index is 104. The molecule has 1 fully saturated rings. The van der Waals surface area contributed by atoms with Gasteiger partial charge in [-0.25, -0.2) is 0 Å². The normalized spacial score (nSPS) is 16.4. The summed E-state index contributed by atoms with van der Waals surface area (Å²) in [7, 11) is -0.242. The Morgan fingerprint density at radius 1 is 0.846 bits per heavy atom. The Balaban J connectivity index is 0.000000243. The maximum absolute atomic E-state index is 3.48. The first-order valence-electron chi connectivity index (χ1n) is 4.67. The van der Waals surface area contributed by atoms with E-state index in [1.54, 1.807) is 0 Å². The highest BCUT2D eigenvalue weighted by molar-refractivity contribution is 6.53. The van der Waals surface area contributed by atoms with E-state index < -0.39 is 0 Å². The molecule has 0 aliphatic heterocycles. The molecule has 1 N–H and O–H groups in total. The van der Waals surface area contributed by atoms with Crippen LogP contribution in [-0.2, 0) is 0 Å². The van der Waals surface area contributed by atoms with Crippen molar-refractivity contribution >= 4 is 8.96 Å². The SMILES string of the molecule is C[Si+](C)NC(C)(C)C.[CH]1[CH][CH][CH][CH]1. The van der Waals surface area contributed by atoms with Crippen molar-refractivity contribution in [3.63, 3.8) is 0 Å². The van der Waals surface area contributed by atoms with Gasteiger partial charge in [-0.05, 0) is 52.9 Å². The van der Waals surface area contributed by atoms with Crippen molar-refractivity contribution in [3.8, 4) is 0 Å². The van der Waals surface area contributed by atoms with Crippen LogP contribution < -0.4 is 4.98 Å². The molecule has 2 heteroatoms. The number of hydrogen-bond acceptors (Lipinski definition) is 1. The van der Waals surface area contributed by atoms with Crippen molar-refractivity contribution in [1.82, 2.24) is 4.98 Å². The standard InChI is InChI=1S/C6H16NSi.C5H5/c1-6(2,3)7-8(4)5;1-2-4-5-3-1/h7H,1-5H3;1-5H/q+1;. The van der Waals surface area contributed by atoms with Gasteiger partial charge in [-0.15, -0.1) is 0 Å². The fraction of sp³-hybridized carbons (Fsp3) is 0.545. The quantitative estimate of drug-likeness (QED) is 0.634. The van der Waals surface area contributed by atoms with E-state index >= 15 is 0 Å². The molecule has 0 aromatic heterocycles. The number of hydrogen-bond donors (Lipinski definition) is 1. The lowest BCUT2D eigenvalue weighted by atomic mass is 10.1. The van der Waals surface area contributed by atoms with Crippen LogP contribution in [0.3, 0.4) is 0 Å². The zero-order chi connectivity index (χ0) is 10.3. The van der Waals surface area contributed by atoms with E-state index in [9.17, 15) is 0 Å². The molecule has 0 atom stereocenters. The third-order valence-corrected chi connectivity index (χ3v) is 2.43. The van der Waals surface area contributed by atoms with Crippen LogP contribution in [0.4, 0.5) is 0 Å². The van der Waals surface area contributed by atoms with Crippen LogP contribution >= 0.6 is 0 Å². The van der Waals surface area contributed by atoms with E-state index in [4.69, 9.17) is 0 Å². The fourth-order valence-electron chi connectivity index (χ4n) is 1.07. The van der Waals surface area contributed by atoms with Gasteiger partial charge >= 0.3 is 8.96 Å². The van der Waals surface area contributed by atoms with Gasteiger partial charge in [0.05, 0.1) is 13.1 Å². The van der Waals surface area contributed by atoms with Crippen molar-refractivity contribution in [3.05, 3.63) is 32.1 Å². The zero-order valence-corrected chi connectivity index (χ0v) is 10.4. The number of nitrogens with one attached hydrogen (secondary N) is 1. The van der Waals surface area contributed by atoms with E-state index in [0.717, 1.165) is 0 Å². The van der Waals surface area contributed by atoms with Gasteiger partial charge in [-0.1, -0.05) is 0 Å². The second-order valence-corrected chi connectivity index (χ2v) is 6.59. The molecule has 5 radical (unpaired) electrons. The van der Waals surface area contributed by atoms with Crippen molar-refractivity contribution in [2.24, 2.45) is 0 Å². The van der Waals surface area contributed by atoms with Crippen molar-refractivity contribution < 1.29 is 0 Å². The van der Waals surface area contributed by atoms with Gasteiger partial charge in [0.25, 0.3) is 0 Å². The van der Waals surface area contributed by atoms with E-state index in [2.05, 4.69) is 38.8 Å². The van der Waals surface area contributed by atoms with Gasteiger partial charge in [-0.2, -0.15) is 4.98 Å². The minimum Gasteiger partial charge on any atom is -0.184 e. The highest BCUT2D eigenvalue weighted by atomic mass is 28.3. The minimum absolute atomic E-state index is 0.242. The first kappa shape index (κ1) is 13.2. The van der Waals surface area contributed by atoms with Crippen LogP contribution in [-0.4, -0.2) is 14.5 Å². The van der Waals surface area contributed by atoms with Crippen LogP contribution in [0.15, 0.2) is 0 Å². The van der Waals surface area contributed by atoms with Gasteiger partial charge in [0.2, 0.25) is 0 Å². The van der Waals surface area contributed by atoms with Gasteiger partial charge in [0, 0.05) is 5.54 Å². The molecule has 1 saturated carbocycles. The molecule has 0 bridgehead atoms. The first-order valence-corrected chi connectivity index (χ1v) is 7.17. The molecule has 0 spiro atoms. The third kappa shape index (κ3) is 12.2. The number of rotatable bonds is 1. The van der Waals surface area contributed by atoms with Crippen LogP contribution in [0.5, 0.6) is 0 Å². The van der Waals surface area contributed by atoms with Gasteiger partial charge in [0.15, 0.2) is 0 Å². The van der Waals surface area contributed by atoms with Crippen LogP contribution in [0.2, 0.25) is 13.1 Å². The average molecular weight is 195 g/mol. The molecule has 0 amide bonds. The van der Waals surface area contributed by atoms with Gasteiger partial charge in [-0.3, -0.25) is 0 Å². The average Bonchev–Trinajstić information content (AvgIpc) is 2.33. The molecule has 0 heterocycles. The molecule has 1 nitrogen and oxygen atoms in total. The topological polar surface area (TPSA) is 12.0 Å². The maximum atomic E-state index is 3.48. The predicted molar refractivity (Wildman–Crippen MR) is 61.9 cm³/mol. The lowest BCUT2D eigenvalue weighted by molar-refractivity contribution is 0.519. The Labute approximate surface area is 86.0 Å². The second kappa shape index (κ2) is 6.60. The van der Waals surface area contributed by atoms with Gasteiger partial charge in [0.1, 0.15) is 0 Å². The van der Waals surface area contributed by atoms with E-state index in [-0.39, 0.29) is 8.96 Å². The fourth-order valence-corrected chi connectivity index (χ4v) is 2.57. The summed E-state index contributed by atoms with van der Waals surface area (Å²) in [6, 6.07) is 0. The highest BCUT2D eigenvalue weighted by Crippen LogP contribution is 2.08. The summed E-state index contributed by atoms with van der Waals surface area (Å²) in [6.07, 6.45) is 10.0. The summed E-state index contributed by atoms with van der Waals surface area (Å²) in [5.74, 6) is 0. The highest BCUT2D eigenvalue weighted by Gasteiger charge is 2.20. The maximum Gasteiger partial charge on any atom is 0.396 e. The van der Waals surface area contributed by atoms with Crippen LogP contribution in [0.25, 0.3) is 0 Å². The molecule has 0 aromatic carbocycles. The minimum atomic E-state index is -0.242. The Morgan fingerprint density at radius 3 is 1.23 bits per heavy atom. The van der Waals surface area contributed by atoms with Gasteiger partial charge < -0.3 is 0 Å². The smallest absolute Gasteiger partial charge is 0.184 e. The van der Waals surface area contributed by atoms with E-state index in [1.807, 2.05) is 32.1 Å². The largest absolute Gasteiger partial charge is 0.396 e. The lowest BCUT2D eigenvalue weighted by Gasteiger charge is -2.14. The summed E-state index contributed by atoms with van der Waals surface area (Å²) in [6.45, 7) is 11.1. The first-order chi connectivity index (χ1) is 5.92. The Hall–Kier alpha value is 0.177. The predicted octanol–water partition coefficient (Wildman–Crippen LogP) is 2.65. The molecular weight excluding hydrogens is 174 g/mol. The molecule has 0 unspecified atom stereocenters. The monoisotopic (exact) mass is 195 g/mol. The van der Waals surface area contributed by atoms with Crippen molar-refractivity contribution in [2.45, 2.75) is 39.4 Å². The van der Waals surface area contributed by atoms with Crippen LogP contribution in [0.1, 0.15) is 20.8 Å². The zero-order valence-electron chi connectivity index (χ0n) is 9.39. The molecule has 73 valence electrons. The molecule has 1 aliphatic rings. The summed E-state index contributed by atoms with van der Waals surface area (Å²) < 4.78 is 0. The Kier molecular flexibility index (Phi) is 6.69. The third-order valence-electron chi connectivity index (χ3n) is 1.18. The summed E-state index contributed by atoms with van der Waals surface area (Å²) in [5, 5.41) is 0. The molecular formula is C11H21NSi+. The van der Waals surface area contributed by atoms with E-state index in [0.29, 0.717) is 5.54 Å². The van der Waals surface area contributed by atoms with E-state index in [1.165, 1.54) is 0 Å². The molecule has 13 heavy (non-hydrogen) atoms. The Morgan fingerprint density at radius 2 is 1.15 bits per heavy atom. The van der Waals surface area contributed by atoms with Crippen LogP contribution in [0, 0.1) is 32.1 Å². The van der Waals surface area contributed by atoms with Crippen molar-refractivity contribution in [1.29, 1.82) is 0 Å². The molecule has 1 rings (SSSR count). The second-order valence-electron chi connectivity index (χ2n) is 4.34. The molecule has 1 aliphatic carbocycles. The molecule has 0 aromatic rings. The summed E-state index contributed by atoms with van der Waals surface area (Å²) >= 11 is 0. The molecule has 0 saturated heterocycles.